The molecule has 116 valence electrons. The van der Waals surface area contributed by atoms with Crippen LogP contribution in [0, 0.1) is 6.92 Å². The minimum atomic E-state index is -0.0265. The molecule has 5 nitrogen and oxygen atoms in total. The van der Waals surface area contributed by atoms with Gasteiger partial charge in [-0.1, -0.05) is 12.1 Å². The Kier molecular flexibility index (Phi) is 4.70. The zero-order valence-electron chi connectivity index (χ0n) is 12.4. The Labute approximate surface area is 133 Å². The Morgan fingerprint density at radius 1 is 1.41 bits per heavy atom. The van der Waals surface area contributed by atoms with Crippen molar-refractivity contribution in [2.75, 3.05) is 26.3 Å². The maximum atomic E-state index is 12.3. The molecule has 1 aromatic heterocycles. The van der Waals surface area contributed by atoms with Gasteiger partial charge in [0.2, 0.25) is 0 Å². The van der Waals surface area contributed by atoms with Crippen LogP contribution in [0.5, 0.6) is 5.75 Å². The van der Waals surface area contributed by atoms with Gasteiger partial charge in [-0.3, -0.25) is 4.79 Å². The fourth-order valence-electron chi connectivity index (χ4n) is 2.25. The average Bonchev–Trinajstić information content (AvgIpc) is 3.02. The van der Waals surface area contributed by atoms with Gasteiger partial charge in [-0.25, -0.2) is 4.98 Å². The van der Waals surface area contributed by atoms with Crippen molar-refractivity contribution in [2.45, 2.75) is 13.5 Å². The molecule has 1 aliphatic rings. The highest BCUT2D eigenvalue weighted by atomic mass is 32.1. The topological polar surface area (TPSA) is 51.7 Å². The van der Waals surface area contributed by atoms with E-state index in [2.05, 4.69) is 4.98 Å². The van der Waals surface area contributed by atoms with Gasteiger partial charge < -0.3 is 14.4 Å². The molecule has 22 heavy (non-hydrogen) atoms. The number of carbonyl (C=O) groups is 1. The van der Waals surface area contributed by atoms with Crippen molar-refractivity contribution in [3.05, 3.63) is 45.9 Å². The van der Waals surface area contributed by atoms with Crippen LogP contribution in [0.3, 0.4) is 0 Å². The van der Waals surface area contributed by atoms with Crippen molar-refractivity contribution in [1.29, 1.82) is 0 Å². The largest absolute Gasteiger partial charge is 0.486 e. The minimum absolute atomic E-state index is 0.0265. The van der Waals surface area contributed by atoms with Gasteiger partial charge in [0.25, 0.3) is 5.91 Å². The van der Waals surface area contributed by atoms with E-state index in [1.165, 1.54) is 11.3 Å². The standard InChI is InChI=1S/C16H18N2O3S/c1-12-3-2-4-13(9-12)21-10-15-17-14(11-22-15)16(19)18-5-7-20-8-6-18/h2-4,9,11H,5-8,10H2,1H3. The van der Waals surface area contributed by atoms with E-state index in [1.54, 1.807) is 10.3 Å². The summed E-state index contributed by atoms with van der Waals surface area (Å²) in [5.41, 5.74) is 1.65. The Hall–Kier alpha value is -1.92. The second-order valence-electron chi connectivity index (χ2n) is 5.14. The molecular weight excluding hydrogens is 300 g/mol. The Bertz CT molecular complexity index is 650. The van der Waals surface area contributed by atoms with E-state index in [4.69, 9.17) is 9.47 Å². The van der Waals surface area contributed by atoms with Crippen molar-refractivity contribution < 1.29 is 14.3 Å². The molecule has 0 aliphatic carbocycles. The van der Waals surface area contributed by atoms with Crippen LogP contribution in [-0.2, 0) is 11.3 Å². The van der Waals surface area contributed by atoms with Gasteiger partial charge in [-0.15, -0.1) is 11.3 Å². The van der Waals surface area contributed by atoms with Crippen LogP contribution >= 0.6 is 11.3 Å². The van der Waals surface area contributed by atoms with Gasteiger partial charge in [0, 0.05) is 18.5 Å². The summed E-state index contributed by atoms with van der Waals surface area (Å²) in [6, 6.07) is 7.88. The average molecular weight is 318 g/mol. The van der Waals surface area contributed by atoms with Gasteiger partial charge in [0.1, 0.15) is 23.1 Å². The predicted octanol–water partition coefficient (Wildman–Crippen LogP) is 2.50. The molecule has 0 N–H and O–H groups in total. The summed E-state index contributed by atoms with van der Waals surface area (Å²) in [5, 5.41) is 2.60. The van der Waals surface area contributed by atoms with Crippen LogP contribution in [-0.4, -0.2) is 42.1 Å². The predicted molar refractivity (Wildman–Crippen MR) is 84.3 cm³/mol. The number of ether oxygens (including phenoxy) is 2. The molecule has 0 bridgehead atoms. The third-order valence-electron chi connectivity index (χ3n) is 3.42. The Balaban J connectivity index is 1.60. The van der Waals surface area contributed by atoms with Crippen LogP contribution in [0.25, 0.3) is 0 Å². The van der Waals surface area contributed by atoms with Crippen LogP contribution < -0.4 is 4.74 Å². The molecule has 2 heterocycles. The minimum Gasteiger partial charge on any atom is -0.486 e. The number of hydrogen-bond acceptors (Lipinski definition) is 5. The van der Waals surface area contributed by atoms with E-state index >= 15 is 0 Å². The van der Waals surface area contributed by atoms with Gasteiger partial charge in [-0.2, -0.15) is 0 Å². The van der Waals surface area contributed by atoms with Crippen molar-refractivity contribution in [3.8, 4) is 5.75 Å². The second kappa shape index (κ2) is 6.89. The number of morpholine rings is 1. The fourth-order valence-corrected chi connectivity index (χ4v) is 2.93. The summed E-state index contributed by atoms with van der Waals surface area (Å²) in [5.74, 6) is 0.789. The summed E-state index contributed by atoms with van der Waals surface area (Å²) in [6.45, 7) is 4.86. The molecule has 1 fully saturated rings. The van der Waals surface area contributed by atoms with E-state index in [1.807, 2.05) is 31.2 Å². The van der Waals surface area contributed by atoms with Crippen LogP contribution in [0.4, 0.5) is 0 Å². The number of rotatable bonds is 4. The van der Waals surface area contributed by atoms with Crippen molar-refractivity contribution in [3.63, 3.8) is 0 Å². The lowest BCUT2D eigenvalue weighted by Gasteiger charge is -2.25. The number of aromatic nitrogens is 1. The lowest BCUT2D eigenvalue weighted by Crippen LogP contribution is -2.40. The summed E-state index contributed by atoms with van der Waals surface area (Å²) in [6.07, 6.45) is 0. The van der Waals surface area contributed by atoms with Crippen molar-refractivity contribution in [2.24, 2.45) is 0 Å². The molecule has 6 heteroatoms. The fraction of sp³-hybridized carbons (Fsp3) is 0.375. The molecule has 1 saturated heterocycles. The molecular formula is C16H18N2O3S. The summed E-state index contributed by atoms with van der Waals surface area (Å²) in [4.78, 5) is 18.5. The normalized spacial score (nSPS) is 14.9. The number of thiazole rings is 1. The first kappa shape index (κ1) is 15.0. The number of amides is 1. The number of carbonyl (C=O) groups excluding carboxylic acids is 1. The lowest BCUT2D eigenvalue weighted by molar-refractivity contribution is 0.0299. The zero-order valence-corrected chi connectivity index (χ0v) is 13.3. The second-order valence-corrected chi connectivity index (χ2v) is 6.08. The number of hydrogen-bond donors (Lipinski definition) is 0. The van der Waals surface area contributed by atoms with Crippen molar-refractivity contribution in [1.82, 2.24) is 9.88 Å². The highest BCUT2D eigenvalue weighted by Gasteiger charge is 2.20. The quantitative estimate of drug-likeness (QED) is 0.869. The molecule has 0 atom stereocenters. The first-order valence-electron chi connectivity index (χ1n) is 7.23. The van der Waals surface area contributed by atoms with Crippen molar-refractivity contribution >= 4 is 17.2 Å². The molecule has 3 rings (SSSR count). The molecule has 1 amide bonds. The SMILES string of the molecule is Cc1cccc(OCc2nc(C(=O)N3CCOCC3)cs2)c1. The molecule has 0 spiro atoms. The first-order chi connectivity index (χ1) is 10.7. The monoisotopic (exact) mass is 318 g/mol. The number of benzene rings is 1. The Morgan fingerprint density at radius 2 is 2.23 bits per heavy atom. The zero-order chi connectivity index (χ0) is 15.4. The number of nitrogens with zero attached hydrogens (tertiary/aromatic N) is 2. The molecule has 1 aromatic carbocycles. The van der Waals surface area contributed by atoms with Crippen LogP contribution in [0.15, 0.2) is 29.6 Å². The summed E-state index contributed by atoms with van der Waals surface area (Å²) < 4.78 is 11.0. The van der Waals surface area contributed by atoms with Gasteiger partial charge in [0.15, 0.2) is 0 Å². The van der Waals surface area contributed by atoms with E-state index < -0.39 is 0 Å². The molecule has 2 aromatic rings. The van der Waals surface area contributed by atoms with Gasteiger partial charge >= 0.3 is 0 Å². The molecule has 1 aliphatic heterocycles. The summed E-state index contributed by atoms with van der Waals surface area (Å²) in [7, 11) is 0. The van der Waals surface area contributed by atoms with E-state index in [0.29, 0.717) is 38.6 Å². The maximum absolute atomic E-state index is 12.3. The Morgan fingerprint density at radius 3 is 3.00 bits per heavy atom. The maximum Gasteiger partial charge on any atom is 0.273 e. The summed E-state index contributed by atoms with van der Waals surface area (Å²) >= 11 is 1.45. The van der Waals surface area contributed by atoms with Gasteiger partial charge in [-0.05, 0) is 24.6 Å². The van der Waals surface area contributed by atoms with E-state index in [9.17, 15) is 4.79 Å². The third kappa shape index (κ3) is 3.64. The first-order valence-corrected chi connectivity index (χ1v) is 8.11. The van der Waals surface area contributed by atoms with Crippen LogP contribution in [0.2, 0.25) is 0 Å². The molecule has 0 saturated carbocycles. The third-order valence-corrected chi connectivity index (χ3v) is 4.24. The highest BCUT2D eigenvalue weighted by Crippen LogP contribution is 2.17. The molecule has 0 unspecified atom stereocenters. The van der Waals surface area contributed by atoms with Crippen LogP contribution in [0.1, 0.15) is 21.1 Å². The van der Waals surface area contributed by atoms with E-state index in [0.717, 1.165) is 16.3 Å². The lowest BCUT2D eigenvalue weighted by atomic mass is 10.2. The molecule has 0 radical (unpaired) electrons. The van der Waals surface area contributed by atoms with E-state index in [-0.39, 0.29) is 5.91 Å². The van der Waals surface area contributed by atoms with Gasteiger partial charge in [0.05, 0.1) is 13.2 Å². The smallest absolute Gasteiger partial charge is 0.273 e. The highest BCUT2D eigenvalue weighted by molar-refractivity contribution is 7.09. The number of aryl methyl sites for hydroxylation is 1.